The summed E-state index contributed by atoms with van der Waals surface area (Å²) in [5.74, 6) is 0. The lowest BCUT2D eigenvalue weighted by molar-refractivity contribution is -0.425. The van der Waals surface area contributed by atoms with Gasteiger partial charge in [0.15, 0.2) is 0 Å². The summed E-state index contributed by atoms with van der Waals surface area (Å²) in [5.41, 5.74) is 0. The number of phosphoric acid groups is 3. The van der Waals surface area contributed by atoms with Crippen LogP contribution in [0.4, 0.5) is 0 Å². The molecule has 0 fully saturated rings. The van der Waals surface area contributed by atoms with Crippen molar-refractivity contribution in [2.45, 2.75) is 0 Å². The van der Waals surface area contributed by atoms with E-state index in [9.17, 15) is 13.7 Å². The fourth-order valence-electron chi connectivity index (χ4n) is 0.305. The van der Waals surface area contributed by atoms with Crippen LogP contribution in [0.1, 0.15) is 0 Å². The quantitative estimate of drug-likeness (QED) is 0.241. The molecule has 0 amide bonds. The molecule has 16 heteroatoms. The molecule has 0 aromatic carbocycles. The molecule has 0 unspecified atom stereocenters. The molecule has 0 rings (SSSR count). The highest BCUT2D eigenvalue weighted by Crippen LogP contribution is 2.48. The van der Waals surface area contributed by atoms with Crippen molar-refractivity contribution in [1.29, 1.82) is 0 Å². The maximum absolute atomic E-state index is 10.2. The Bertz CT molecular complexity index is 295. The largest absolute Gasteiger partial charge is 0.490 e. The summed E-state index contributed by atoms with van der Waals surface area (Å²) in [6, 6.07) is 0. The van der Waals surface area contributed by atoms with Crippen LogP contribution in [0, 0.1) is 0 Å². The van der Waals surface area contributed by atoms with Crippen molar-refractivity contribution >= 4 is 23.5 Å². The molecule has 13 nitrogen and oxygen atoms in total. The minimum absolute atomic E-state index is 1.16. The Hall–Kier alpha value is 0.290. The first-order chi connectivity index (χ1) is 6.79. The molecule has 0 aliphatic carbocycles. The molecule has 0 atom stereocenters. The van der Waals surface area contributed by atoms with E-state index < -0.39 is 28.9 Å². The van der Waals surface area contributed by atoms with Gasteiger partial charge in [0.1, 0.15) is 5.39 Å². The summed E-state index contributed by atoms with van der Waals surface area (Å²) in [4.78, 5) is 49.0. The SMILES string of the molecule is O=P(O)(O)ON(OP(=O)(O)O)OP(=O)(O)O. The zero-order chi connectivity index (χ0) is 13.2. The lowest BCUT2D eigenvalue weighted by atomic mass is 13.0. The van der Waals surface area contributed by atoms with Gasteiger partial charge in [-0.05, 0) is 0 Å². The molecule has 0 bridgehead atoms. The molecule has 0 heterocycles. The first kappa shape index (κ1) is 16.3. The molecule has 16 heavy (non-hydrogen) atoms. The first-order valence-corrected chi connectivity index (χ1v) is 7.43. The van der Waals surface area contributed by atoms with Gasteiger partial charge in [-0.3, -0.25) is 0 Å². The Balaban J connectivity index is 4.72. The van der Waals surface area contributed by atoms with E-state index in [4.69, 9.17) is 29.4 Å². The van der Waals surface area contributed by atoms with E-state index in [0.29, 0.717) is 0 Å². The lowest BCUT2D eigenvalue weighted by Crippen LogP contribution is -2.21. The average Bonchev–Trinajstić information content (AvgIpc) is 1.70. The van der Waals surface area contributed by atoms with E-state index >= 15 is 0 Å². The van der Waals surface area contributed by atoms with Gasteiger partial charge in [0.05, 0.1) is 0 Å². The third-order valence-electron chi connectivity index (χ3n) is 0.519. The molecule has 0 saturated carbocycles. The second-order valence-electron chi connectivity index (χ2n) is 1.94. The second-order valence-corrected chi connectivity index (χ2v) is 5.37. The van der Waals surface area contributed by atoms with E-state index in [1.165, 1.54) is 0 Å². The molecule has 0 spiro atoms. The molecule has 0 aromatic rings. The molecule has 0 saturated heterocycles. The smallest absolute Gasteiger partial charge is 0.302 e. The summed E-state index contributed by atoms with van der Waals surface area (Å²) in [6.45, 7) is 0. The van der Waals surface area contributed by atoms with Gasteiger partial charge < -0.3 is 29.4 Å². The van der Waals surface area contributed by atoms with E-state index in [2.05, 4.69) is 13.9 Å². The molecular weight excluding hydrogens is 299 g/mol. The van der Waals surface area contributed by atoms with Crippen LogP contribution in [0.15, 0.2) is 0 Å². The van der Waals surface area contributed by atoms with Crippen molar-refractivity contribution in [1.82, 2.24) is 5.39 Å². The Kier molecular flexibility index (Phi) is 5.39. The Labute approximate surface area is 86.8 Å². The van der Waals surface area contributed by atoms with Crippen LogP contribution < -0.4 is 0 Å². The summed E-state index contributed by atoms with van der Waals surface area (Å²) >= 11 is 0. The second kappa shape index (κ2) is 5.29. The number of nitrogens with zero attached hydrogens (tertiary/aromatic N) is 1. The van der Waals surface area contributed by atoms with Crippen LogP contribution >= 0.6 is 23.5 Å². The summed E-state index contributed by atoms with van der Waals surface area (Å²) in [5, 5.41) is -1.16. The molecule has 98 valence electrons. The van der Waals surface area contributed by atoms with Crippen LogP contribution in [0.5, 0.6) is 0 Å². The Morgan fingerprint density at radius 2 is 0.812 bits per heavy atom. The van der Waals surface area contributed by atoms with Crippen molar-refractivity contribution in [3.8, 4) is 0 Å². The van der Waals surface area contributed by atoms with Crippen LogP contribution in [-0.4, -0.2) is 34.8 Å². The van der Waals surface area contributed by atoms with Crippen molar-refractivity contribution in [2.24, 2.45) is 0 Å². The van der Waals surface area contributed by atoms with Crippen molar-refractivity contribution < 1.29 is 56.9 Å². The van der Waals surface area contributed by atoms with Crippen LogP contribution in [-0.2, 0) is 27.6 Å². The molecular formula is H6NO12P3. The molecule has 0 aromatic heterocycles. The highest BCUT2D eigenvalue weighted by atomic mass is 31.2. The van der Waals surface area contributed by atoms with Crippen molar-refractivity contribution in [2.75, 3.05) is 0 Å². The third kappa shape index (κ3) is 10.8. The predicted molar refractivity (Wildman–Crippen MR) is 41.2 cm³/mol. The standard InChI is InChI=1S/H6NO12P3/c2-14(3,4)11-1(12-15(5,6)7)13-16(8,9)10/h(H2,2,3,4)(H2,5,6,7)(H2,8,9,10). The number of rotatable bonds is 6. The maximum Gasteiger partial charge on any atom is 0.490 e. The lowest BCUT2D eigenvalue weighted by Gasteiger charge is -2.18. The maximum atomic E-state index is 10.2. The molecule has 0 aliphatic rings. The summed E-state index contributed by atoms with van der Waals surface area (Å²) in [7, 11) is -16.2. The summed E-state index contributed by atoms with van der Waals surface area (Å²) in [6.07, 6.45) is 0. The first-order valence-electron chi connectivity index (χ1n) is 2.84. The van der Waals surface area contributed by atoms with Gasteiger partial charge in [0, 0.05) is 0 Å². The topological polar surface area (TPSA) is 204 Å². The van der Waals surface area contributed by atoms with E-state index in [1.54, 1.807) is 0 Å². The van der Waals surface area contributed by atoms with E-state index in [0.717, 1.165) is 0 Å². The third-order valence-corrected chi connectivity index (χ3v) is 1.56. The van der Waals surface area contributed by atoms with Gasteiger partial charge in [-0.25, -0.2) is 13.7 Å². The minimum Gasteiger partial charge on any atom is -0.302 e. The van der Waals surface area contributed by atoms with Gasteiger partial charge in [0.2, 0.25) is 0 Å². The fourth-order valence-corrected chi connectivity index (χ4v) is 1.18. The van der Waals surface area contributed by atoms with Crippen LogP contribution in [0.2, 0.25) is 0 Å². The Morgan fingerprint density at radius 1 is 0.625 bits per heavy atom. The molecule has 6 N–H and O–H groups in total. The minimum atomic E-state index is -5.40. The zero-order valence-corrected chi connectivity index (χ0v) is 9.60. The predicted octanol–water partition coefficient (Wildman–Crippen LogP) is -1.64. The highest BCUT2D eigenvalue weighted by molar-refractivity contribution is 7.47. The van der Waals surface area contributed by atoms with Gasteiger partial charge in [-0.15, -0.1) is 13.9 Å². The van der Waals surface area contributed by atoms with Gasteiger partial charge >= 0.3 is 23.5 Å². The average molecular weight is 305 g/mol. The number of hydrogen-bond acceptors (Lipinski definition) is 7. The normalized spacial score (nSPS) is 14.4. The summed E-state index contributed by atoms with van der Waals surface area (Å²) < 4.78 is 40.3. The van der Waals surface area contributed by atoms with Crippen molar-refractivity contribution in [3.05, 3.63) is 0 Å². The molecule has 0 radical (unpaired) electrons. The van der Waals surface area contributed by atoms with Crippen LogP contribution in [0.3, 0.4) is 0 Å². The van der Waals surface area contributed by atoms with Gasteiger partial charge in [-0.1, -0.05) is 0 Å². The highest BCUT2D eigenvalue weighted by Gasteiger charge is 2.34. The van der Waals surface area contributed by atoms with Crippen molar-refractivity contribution in [3.63, 3.8) is 0 Å². The number of hydrogen-bond donors (Lipinski definition) is 6. The van der Waals surface area contributed by atoms with E-state index in [1.807, 2.05) is 0 Å². The Morgan fingerprint density at radius 3 is 0.938 bits per heavy atom. The zero-order valence-electron chi connectivity index (χ0n) is 6.92. The molecule has 0 aliphatic heterocycles. The van der Waals surface area contributed by atoms with Crippen LogP contribution in [0.25, 0.3) is 0 Å². The van der Waals surface area contributed by atoms with Gasteiger partial charge in [-0.2, -0.15) is 0 Å². The fraction of sp³-hybridized carbons (Fsp3) is 0. The van der Waals surface area contributed by atoms with Gasteiger partial charge in [0.25, 0.3) is 0 Å². The monoisotopic (exact) mass is 305 g/mol. The van der Waals surface area contributed by atoms with E-state index in [-0.39, 0.29) is 0 Å².